The lowest BCUT2D eigenvalue weighted by Crippen LogP contribution is -2.52. The summed E-state index contributed by atoms with van der Waals surface area (Å²) in [6.07, 6.45) is 0.322. The summed E-state index contributed by atoms with van der Waals surface area (Å²) in [7, 11) is 0. The van der Waals surface area contributed by atoms with Crippen LogP contribution in [0.4, 0.5) is 0 Å². The molecule has 3 rings (SSSR count). The van der Waals surface area contributed by atoms with Crippen molar-refractivity contribution in [3.8, 4) is 5.75 Å². The maximum absolute atomic E-state index is 13.3. The van der Waals surface area contributed by atoms with E-state index in [1.807, 2.05) is 60.7 Å². The molecule has 1 unspecified atom stereocenters. The fourth-order valence-electron chi connectivity index (χ4n) is 3.38. The second-order valence-corrected chi connectivity index (χ2v) is 7.91. The van der Waals surface area contributed by atoms with E-state index in [1.54, 1.807) is 24.3 Å². The SMILES string of the molecule is O=C(NCCO)C(Cc1ccccc1)N(Cc1ccc(Cl)cc1)C(=O)COc1ccccc1. The molecule has 1 atom stereocenters. The van der Waals surface area contributed by atoms with Crippen LogP contribution >= 0.6 is 11.6 Å². The first-order valence-electron chi connectivity index (χ1n) is 10.7. The van der Waals surface area contributed by atoms with Crippen LogP contribution in [0.5, 0.6) is 5.75 Å². The van der Waals surface area contributed by atoms with Gasteiger partial charge in [0, 0.05) is 24.5 Å². The molecule has 172 valence electrons. The number of rotatable bonds is 11. The summed E-state index contributed by atoms with van der Waals surface area (Å²) in [5.41, 5.74) is 1.75. The van der Waals surface area contributed by atoms with E-state index in [0.29, 0.717) is 17.2 Å². The van der Waals surface area contributed by atoms with E-state index >= 15 is 0 Å². The van der Waals surface area contributed by atoms with Crippen LogP contribution in [0.15, 0.2) is 84.9 Å². The first kappa shape index (κ1) is 24.3. The third-order valence-corrected chi connectivity index (χ3v) is 5.31. The Morgan fingerprint density at radius 1 is 0.909 bits per heavy atom. The summed E-state index contributed by atoms with van der Waals surface area (Å²) < 4.78 is 5.68. The molecule has 0 aromatic heterocycles. The molecule has 6 nitrogen and oxygen atoms in total. The van der Waals surface area contributed by atoms with Gasteiger partial charge in [-0.1, -0.05) is 72.3 Å². The number of nitrogens with zero attached hydrogens (tertiary/aromatic N) is 1. The van der Waals surface area contributed by atoms with Crippen LogP contribution < -0.4 is 10.1 Å². The largest absolute Gasteiger partial charge is 0.484 e. The average Bonchev–Trinajstić information content (AvgIpc) is 2.85. The van der Waals surface area contributed by atoms with Gasteiger partial charge in [-0.2, -0.15) is 0 Å². The minimum absolute atomic E-state index is 0.105. The van der Waals surface area contributed by atoms with Gasteiger partial charge in [-0.15, -0.1) is 0 Å². The molecule has 0 aliphatic rings. The number of para-hydroxylation sites is 1. The van der Waals surface area contributed by atoms with Crippen molar-refractivity contribution in [2.45, 2.75) is 19.0 Å². The smallest absolute Gasteiger partial charge is 0.261 e. The lowest BCUT2D eigenvalue weighted by Gasteiger charge is -2.31. The highest BCUT2D eigenvalue weighted by Gasteiger charge is 2.30. The Bertz CT molecular complexity index is 1010. The minimum Gasteiger partial charge on any atom is -0.484 e. The molecule has 0 radical (unpaired) electrons. The van der Waals surface area contributed by atoms with Crippen LogP contribution in [0.3, 0.4) is 0 Å². The van der Waals surface area contributed by atoms with E-state index in [9.17, 15) is 14.7 Å². The molecule has 0 saturated heterocycles. The highest BCUT2D eigenvalue weighted by molar-refractivity contribution is 6.30. The Labute approximate surface area is 198 Å². The van der Waals surface area contributed by atoms with Crippen molar-refractivity contribution in [2.75, 3.05) is 19.8 Å². The van der Waals surface area contributed by atoms with Gasteiger partial charge in [0.1, 0.15) is 11.8 Å². The van der Waals surface area contributed by atoms with Crippen LogP contribution in [0.25, 0.3) is 0 Å². The topological polar surface area (TPSA) is 78.9 Å². The van der Waals surface area contributed by atoms with Gasteiger partial charge in [-0.05, 0) is 35.4 Å². The molecule has 3 aromatic carbocycles. The van der Waals surface area contributed by atoms with Crippen molar-refractivity contribution in [1.82, 2.24) is 10.2 Å². The molecule has 0 saturated carbocycles. The van der Waals surface area contributed by atoms with E-state index in [2.05, 4.69) is 5.32 Å². The third kappa shape index (κ3) is 7.63. The van der Waals surface area contributed by atoms with E-state index in [0.717, 1.165) is 11.1 Å². The molecule has 0 aliphatic heterocycles. The van der Waals surface area contributed by atoms with Crippen LogP contribution in [0, 0.1) is 0 Å². The van der Waals surface area contributed by atoms with Crippen LogP contribution in [0.1, 0.15) is 11.1 Å². The molecule has 7 heteroatoms. The predicted octanol–water partition coefficient (Wildman–Crippen LogP) is 3.47. The van der Waals surface area contributed by atoms with Gasteiger partial charge in [0.25, 0.3) is 5.91 Å². The summed E-state index contributed by atoms with van der Waals surface area (Å²) in [5, 5.41) is 12.5. The first-order valence-corrected chi connectivity index (χ1v) is 11.1. The summed E-state index contributed by atoms with van der Waals surface area (Å²) in [4.78, 5) is 28.0. The van der Waals surface area contributed by atoms with E-state index < -0.39 is 6.04 Å². The van der Waals surface area contributed by atoms with Gasteiger partial charge >= 0.3 is 0 Å². The van der Waals surface area contributed by atoms with Gasteiger partial charge in [0.05, 0.1) is 6.61 Å². The molecule has 0 aliphatic carbocycles. The molecule has 33 heavy (non-hydrogen) atoms. The molecule has 0 spiro atoms. The number of nitrogens with one attached hydrogen (secondary N) is 1. The Morgan fingerprint density at radius 3 is 2.18 bits per heavy atom. The third-order valence-electron chi connectivity index (χ3n) is 5.05. The number of aliphatic hydroxyl groups is 1. The predicted molar refractivity (Wildman–Crippen MR) is 128 cm³/mol. The number of ether oxygens (including phenoxy) is 1. The molecular weight excluding hydrogens is 440 g/mol. The number of aliphatic hydroxyl groups excluding tert-OH is 1. The minimum atomic E-state index is -0.790. The number of carbonyl (C=O) groups is 2. The molecule has 0 bridgehead atoms. The maximum atomic E-state index is 13.3. The van der Waals surface area contributed by atoms with Crippen molar-refractivity contribution in [3.05, 3.63) is 101 Å². The molecule has 0 heterocycles. The monoisotopic (exact) mass is 466 g/mol. The number of halogens is 1. The van der Waals surface area contributed by atoms with Crippen molar-refractivity contribution in [3.63, 3.8) is 0 Å². The quantitative estimate of drug-likeness (QED) is 0.453. The molecular formula is C26H27ClN2O4. The standard InChI is InChI=1S/C26H27ClN2O4/c27-22-13-11-21(12-14-22)18-29(25(31)19-33-23-9-5-2-6-10-23)24(26(32)28-15-16-30)17-20-7-3-1-4-8-20/h1-14,24,30H,15-19H2,(H,28,32). The summed E-state index contributed by atoms with van der Waals surface area (Å²) >= 11 is 6.02. The molecule has 2 N–H and O–H groups in total. The number of benzene rings is 3. The number of amides is 2. The number of hydrogen-bond donors (Lipinski definition) is 2. The highest BCUT2D eigenvalue weighted by atomic mass is 35.5. The van der Waals surface area contributed by atoms with Crippen LogP contribution in [0.2, 0.25) is 5.02 Å². The number of hydrogen-bond acceptors (Lipinski definition) is 4. The highest BCUT2D eigenvalue weighted by Crippen LogP contribution is 2.17. The summed E-state index contributed by atoms with van der Waals surface area (Å²) in [6.45, 7) is -0.0893. The molecule has 3 aromatic rings. The van der Waals surface area contributed by atoms with Crippen molar-refractivity contribution in [2.24, 2.45) is 0 Å². The van der Waals surface area contributed by atoms with Gasteiger partial charge < -0.3 is 20.1 Å². The van der Waals surface area contributed by atoms with Crippen molar-refractivity contribution < 1.29 is 19.4 Å². The van der Waals surface area contributed by atoms with Gasteiger partial charge in [0.2, 0.25) is 5.91 Å². The fourth-order valence-corrected chi connectivity index (χ4v) is 3.51. The van der Waals surface area contributed by atoms with E-state index in [-0.39, 0.29) is 38.1 Å². The van der Waals surface area contributed by atoms with Crippen molar-refractivity contribution >= 4 is 23.4 Å². The summed E-state index contributed by atoms with van der Waals surface area (Å²) in [5.74, 6) is -0.0922. The fraction of sp³-hybridized carbons (Fsp3) is 0.231. The lowest BCUT2D eigenvalue weighted by molar-refractivity contribution is -0.142. The van der Waals surface area contributed by atoms with E-state index in [1.165, 1.54) is 4.90 Å². The van der Waals surface area contributed by atoms with Gasteiger partial charge in [-0.3, -0.25) is 9.59 Å². The van der Waals surface area contributed by atoms with E-state index in [4.69, 9.17) is 16.3 Å². The molecule has 0 fully saturated rings. The van der Waals surface area contributed by atoms with Gasteiger partial charge in [-0.25, -0.2) is 0 Å². The maximum Gasteiger partial charge on any atom is 0.261 e. The second kappa shape index (κ2) is 12.6. The normalized spacial score (nSPS) is 11.5. The average molecular weight is 467 g/mol. The Balaban J connectivity index is 1.87. The van der Waals surface area contributed by atoms with Crippen LogP contribution in [-0.4, -0.2) is 47.6 Å². The Morgan fingerprint density at radius 2 is 1.55 bits per heavy atom. The number of carbonyl (C=O) groups excluding carboxylic acids is 2. The Kier molecular flexibility index (Phi) is 9.30. The zero-order valence-electron chi connectivity index (χ0n) is 18.2. The zero-order valence-corrected chi connectivity index (χ0v) is 18.9. The Hall–Kier alpha value is -3.35. The lowest BCUT2D eigenvalue weighted by atomic mass is 10.0. The molecule has 2 amide bonds. The zero-order chi connectivity index (χ0) is 23.5. The summed E-state index contributed by atoms with van der Waals surface area (Å²) in [6, 6.07) is 24.9. The first-order chi connectivity index (χ1) is 16.1. The van der Waals surface area contributed by atoms with Gasteiger partial charge in [0.15, 0.2) is 6.61 Å². The van der Waals surface area contributed by atoms with Crippen LogP contribution in [-0.2, 0) is 22.6 Å². The second-order valence-electron chi connectivity index (χ2n) is 7.47. The van der Waals surface area contributed by atoms with Crippen molar-refractivity contribution in [1.29, 1.82) is 0 Å².